The van der Waals surface area contributed by atoms with E-state index in [1.165, 1.54) is 12.1 Å². The summed E-state index contributed by atoms with van der Waals surface area (Å²) in [5.41, 5.74) is 0.593. The highest BCUT2D eigenvalue weighted by Gasteiger charge is 2.23. The number of hydrazine groups is 1. The van der Waals surface area contributed by atoms with E-state index in [2.05, 4.69) is 4.83 Å². The lowest BCUT2D eigenvalue weighted by Crippen LogP contribution is -2.45. The van der Waals surface area contributed by atoms with Gasteiger partial charge in [-0.05, 0) is 37.0 Å². The van der Waals surface area contributed by atoms with Crippen molar-refractivity contribution in [2.24, 2.45) is 0 Å². The molecule has 0 atom stereocenters. The van der Waals surface area contributed by atoms with Gasteiger partial charge in [-0.1, -0.05) is 19.4 Å². The molecule has 1 fully saturated rings. The summed E-state index contributed by atoms with van der Waals surface area (Å²) in [6.45, 7) is 3.20. The van der Waals surface area contributed by atoms with Crippen LogP contribution in [0.5, 0.6) is 0 Å². The smallest absolute Gasteiger partial charge is 0.335 e. The van der Waals surface area contributed by atoms with Crippen LogP contribution < -0.4 is 4.83 Å². The second kappa shape index (κ2) is 6.55. The Labute approximate surface area is 124 Å². The lowest BCUT2D eigenvalue weighted by molar-refractivity contribution is 0.0696. The molecule has 0 radical (unpaired) electrons. The Bertz CT molecular complexity index is 622. The monoisotopic (exact) mass is 312 g/mol. The molecule has 0 saturated carbocycles. The average Bonchev–Trinajstić information content (AvgIpc) is 2.47. The summed E-state index contributed by atoms with van der Waals surface area (Å²) in [5, 5.41) is 10.7. The third kappa shape index (κ3) is 3.81. The summed E-state index contributed by atoms with van der Waals surface area (Å²) in [4.78, 5) is 13.7. The second-order valence-corrected chi connectivity index (χ2v) is 6.75. The van der Waals surface area contributed by atoms with Gasteiger partial charge in [0.2, 0.25) is 0 Å². The average molecular weight is 312 g/mol. The van der Waals surface area contributed by atoms with Gasteiger partial charge < -0.3 is 5.11 Å². The molecule has 1 heterocycles. The Kier molecular flexibility index (Phi) is 4.97. The first-order valence-corrected chi connectivity index (χ1v) is 8.56. The van der Waals surface area contributed by atoms with E-state index in [1.807, 2.05) is 6.92 Å². The van der Waals surface area contributed by atoms with Gasteiger partial charge in [-0.2, -0.15) is 0 Å². The van der Waals surface area contributed by atoms with Crippen LogP contribution in [0.1, 0.15) is 42.1 Å². The fraction of sp³-hybridized carbons (Fsp3) is 0.500. The maximum atomic E-state index is 12.5. The van der Waals surface area contributed by atoms with Crippen molar-refractivity contribution in [3.05, 3.63) is 29.3 Å². The Morgan fingerprint density at radius 3 is 2.52 bits per heavy atom. The number of sulfonamides is 1. The number of carboxylic acid groups (broad SMARTS) is 1. The lowest BCUT2D eigenvalue weighted by Gasteiger charge is -2.27. The first-order valence-electron chi connectivity index (χ1n) is 7.07. The molecule has 1 aromatic rings. The third-order valence-corrected chi connectivity index (χ3v) is 5.05. The summed E-state index contributed by atoms with van der Waals surface area (Å²) in [5.74, 6) is -1.13. The summed E-state index contributed by atoms with van der Waals surface area (Å²) in [6.07, 6.45) is 3.54. The molecule has 1 aliphatic rings. The SMILES string of the molecule is CCc1ccc(C(=O)O)cc1S(=O)(=O)NN1CCCCC1. The van der Waals surface area contributed by atoms with Gasteiger partial charge in [0.15, 0.2) is 0 Å². The van der Waals surface area contributed by atoms with Gasteiger partial charge in [0, 0.05) is 13.1 Å². The number of rotatable bonds is 5. The normalized spacial score (nSPS) is 16.8. The molecule has 2 rings (SSSR count). The van der Waals surface area contributed by atoms with Gasteiger partial charge in [0.1, 0.15) is 0 Å². The summed E-state index contributed by atoms with van der Waals surface area (Å²) < 4.78 is 25.0. The van der Waals surface area contributed by atoms with Crippen LogP contribution in [-0.2, 0) is 16.4 Å². The number of benzene rings is 1. The molecule has 1 aliphatic heterocycles. The molecule has 0 bridgehead atoms. The van der Waals surface area contributed by atoms with E-state index in [1.54, 1.807) is 11.1 Å². The number of carboxylic acids is 1. The highest BCUT2D eigenvalue weighted by Crippen LogP contribution is 2.19. The van der Waals surface area contributed by atoms with Gasteiger partial charge in [-0.15, -0.1) is 4.83 Å². The van der Waals surface area contributed by atoms with E-state index in [4.69, 9.17) is 5.11 Å². The number of hydrogen-bond donors (Lipinski definition) is 2. The number of nitrogens with zero attached hydrogens (tertiary/aromatic N) is 1. The Morgan fingerprint density at radius 1 is 1.29 bits per heavy atom. The molecule has 6 nitrogen and oxygen atoms in total. The Balaban J connectivity index is 2.32. The molecular weight excluding hydrogens is 292 g/mol. The van der Waals surface area contributed by atoms with Crippen molar-refractivity contribution >= 4 is 16.0 Å². The van der Waals surface area contributed by atoms with Crippen molar-refractivity contribution in [3.8, 4) is 0 Å². The van der Waals surface area contributed by atoms with Crippen molar-refractivity contribution in [2.45, 2.75) is 37.5 Å². The molecule has 116 valence electrons. The second-order valence-electron chi connectivity index (χ2n) is 5.12. The summed E-state index contributed by atoms with van der Waals surface area (Å²) >= 11 is 0. The van der Waals surface area contributed by atoms with Crippen molar-refractivity contribution in [2.75, 3.05) is 13.1 Å². The van der Waals surface area contributed by atoms with Crippen LogP contribution in [0.3, 0.4) is 0 Å². The standard InChI is InChI=1S/C14H20N2O4S/c1-2-11-6-7-12(14(17)18)10-13(11)21(19,20)15-16-8-4-3-5-9-16/h6-7,10,15H,2-5,8-9H2,1H3,(H,17,18). The van der Waals surface area contributed by atoms with Crippen molar-refractivity contribution in [3.63, 3.8) is 0 Å². The maximum Gasteiger partial charge on any atom is 0.335 e. The molecule has 21 heavy (non-hydrogen) atoms. The van der Waals surface area contributed by atoms with Crippen LogP contribution in [0.15, 0.2) is 23.1 Å². The van der Waals surface area contributed by atoms with Crippen molar-refractivity contribution in [1.29, 1.82) is 0 Å². The zero-order valence-electron chi connectivity index (χ0n) is 12.0. The minimum atomic E-state index is -3.75. The number of hydrogen-bond acceptors (Lipinski definition) is 4. The molecule has 1 saturated heterocycles. The zero-order chi connectivity index (χ0) is 15.5. The van der Waals surface area contributed by atoms with Gasteiger partial charge in [-0.25, -0.2) is 18.2 Å². The van der Waals surface area contributed by atoms with E-state index in [0.717, 1.165) is 19.3 Å². The summed E-state index contributed by atoms with van der Waals surface area (Å²) in [6, 6.07) is 4.22. The first-order chi connectivity index (χ1) is 9.94. The molecular formula is C14H20N2O4S. The van der Waals surface area contributed by atoms with Gasteiger partial charge in [0.05, 0.1) is 10.5 Å². The maximum absolute atomic E-state index is 12.5. The van der Waals surface area contributed by atoms with Gasteiger partial charge in [0.25, 0.3) is 10.0 Å². The van der Waals surface area contributed by atoms with Crippen LogP contribution >= 0.6 is 0 Å². The molecule has 0 spiro atoms. The van der Waals surface area contributed by atoms with Crippen LogP contribution in [-0.4, -0.2) is 37.6 Å². The predicted molar refractivity (Wildman–Crippen MR) is 78.5 cm³/mol. The fourth-order valence-electron chi connectivity index (χ4n) is 2.43. The van der Waals surface area contributed by atoms with E-state index in [0.29, 0.717) is 25.1 Å². The number of nitrogens with one attached hydrogen (secondary N) is 1. The third-order valence-electron chi connectivity index (χ3n) is 3.59. The largest absolute Gasteiger partial charge is 0.478 e. The summed E-state index contributed by atoms with van der Waals surface area (Å²) in [7, 11) is -3.75. The molecule has 0 aromatic heterocycles. The molecule has 0 unspecified atom stereocenters. The molecule has 2 N–H and O–H groups in total. The lowest BCUT2D eigenvalue weighted by atomic mass is 10.1. The Hall–Kier alpha value is -1.44. The highest BCUT2D eigenvalue weighted by atomic mass is 32.2. The molecule has 7 heteroatoms. The Morgan fingerprint density at radius 2 is 1.95 bits per heavy atom. The minimum Gasteiger partial charge on any atom is -0.478 e. The van der Waals surface area contributed by atoms with Crippen molar-refractivity contribution in [1.82, 2.24) is 9.84 Å². The molecule has 0 amide bonds. The van der Waals surface area contributed by atoms with Crippen LogP contribution in [0, 0.1) is 0 Å². The zero-order valence-corrected chi connectivity index (χ0v) is 12.8. The number of aryl methyl sites for hydroxylation is 1. The topological polar surface area (TPSA) is 86.7 Å². The van der Waals surface area contributed by atoms with Crippen molar-refractivity contribution < 1.29 is 18.3 Å². The van der Waals surface area contributed by atoms with Crippen LogP contribution in [0.25, 0.3) is 0 Å². The number of carbonyl (C=O) groups is 1. The van der Waals surface area contributed by atoms with Gasteiger partial charge in [-0.3, -0.25) is 0 Å². The van der Waals surface area contributed by atoms with E-state index < -0.39 is 16.0 Å². The first kappa shape index (κ1) is 15.9. The minimum absolute atomic E-state index is 0.0220. The number of piperidine rings is 1. The van der Waals surface area contributed by atoms with E-state index in [9.17, 15) is 13.2 Å². The van der Waals surface area contributed by atoms with Gasteiger partial charge >= 0.3 is 5.97 Å². The molecule has 1 aromatic carbocycles. The highest BCUT2D eigenvalue weighted by molar-refractivity contribution is 7.89. The number of aromatic carboxylic acids is 1. The van der Waals surface area contributed by atoms with E-state index in [-0.39, 0.29) is 10.5 Å². The fourth-order valence-corrected chi connectivity index (χ4v) is 3.89. The van der Waals surface area contributed by atoms with E-state index >= 15 is 0 Å². The van der Waals surface area contributed by atoms with Crippen LogP contribution in [0.2, 0.25) is 0 Å². The quantitative estimate of drug-likeness (QED) is 0.863. The van der Waals surface area contributed by atoms with Crippen LogP contribution in [0.4, 0.5) is 0 Å². The predicted octanol–water partition coefficient (Wildman–Crippen LogP) is 1.63. The molecule has 0 aliphatic carbocycles.